The fourth-order valence-electron chi connectivity index (χ4n) is 2.13. The Morgan fingerprint density at radius 1 is 1.03 bits per heavy atom. The Morgan fingerprint density at radius 2 is 1.66 bits per heavy atom. The molecule has 0 heterocycles. The van der Waals surface area contributed by atoms with Crippen molar-refractivity contribution in [2.45, 2.75) is 19.6 Å². The lowest BCUT2D eigenvalue weighted by Gasteiger charge is -2.14. The van der Waals surface area contributed by atoms with Crippen LogP contribution in [0.5, 0.6) is 5.75 Å². The molecule has 154 valence electrons. The Bertz CT molecular complexity index is 909. The normalized spacial score (nSPS) is 11.5. The van der Waals surface area contributed by atoms with E-state index >= 15 is 0 Å². The Hall–Kier alpha value is -3.40. The summed E-state index contributed by atoms with van der Waals surface area (Å²) in [6.07, 6.45) is -1.17. The molecule has 0 aliphatic heterocycles. The van der Waals surface area contributed by atoms with Crippen molar-refractivity contribution in [3.63, 3.8) is 0 Å². The van der Waals surface area contributed by atoms with E-state index in [9.17, 15) is 23.2 Å². The first-order chi connectivity index (χ1) is 13.7. The van der Waals surface area contributed by atoms with Crippen LogP contribution in [-0.2, 0) is 9.53 Å². The topological polar surface area (TPSA) is 120 Å². The SMILES string of the molecule is CC(OC(=O)c1ccc(NC(N)=O)cc1)C(=O)Nc1ccc(OC(F)F)c(Cl)c1. The average molecular weight is 428 g/mol. The Morgan fingerprint density at radius 3 is 2.21 bits per heavy atom. The van der Waals surface area contributed by atoms with Crippen molar-refractivity contribution in [2.75, 3.05) is 10.6 Å². The molecule has 0 radical (unpaired) electrons. The van der Waals surface area contributed by atoms with E-state index in [2.05, 4.69) is 15.4 Å². The Labute approximate surface area is 168 Å². The van der Waals surface area contributed by atoms with Crippen molar-refractivity contribution < 1.29 is 32.6 Å². The molecule has 1 unspecified atom stereocenters. The van der Waals surface area contributed by atoms with Crippen LogP contribution in [0.15, 0.2) is 42.5 Å². The van der Waals surface area contributed by atoms with Gasteiger partial charge in [0.1, 0.15) is 5.75 Å². The van der Waals surface area contributed by atoms with Gasteiger partial charge in [-0.3, -0.25) is 4.79 Å². The van der Waals surface area contributed by atoms with E-state index in [0.29, 0.717) is 5.69 Å². The van der Waals surface area contributed by atoms with Crippen LogP contribution in [0, 0.1) is 0 Å². The molecule has 0 saturated heterocycles. The highest BCUT2D eigenvalue weighted by Gasteiger charge is 2.20. The second kappa shape index (κ2) is 9.69. The van der Waals surface area contributed by atoms with Crippen LogP contribution in [0.25, 0.3) is 0 Å². The second-order valence-corrected chi connectivity index (χ2v) is 6.03. The standard InChI is InChI=1S/C18H16ClF2N3O5/c1-9(28-16(26)10-2-4-11(5-3-10)24-18(22)27)15(25)23-12-6-7-14(13(19)8-12)29-17(20)21/h2-9,17H,1H3,(H,23,25)(H3,22,24,27). The highest BCUT2D eigenvalue weighted by molar-refractivity contribution is 6.32. The Kier molecular flexibility index (Phi) is 7.32. The number of urea groups is 1. The monoisotopic (exact) mass is 427 g/mol. The van der Waals surface area contributed by atoms with Crippen molar-refractivity contribution in [3.05, 3.63) is 53.1 Å². The number of nitrogens with two attached hydrogens (primary N) is 1. The first-order valence-electron chi connectivity index (χ1n) is 8.08. The summed E-state index contributed by atoms with van der Waals surface area (Å²) in [5, 5.41) is 4.66. The smallest absolute Gasteiger partial charge is 0.387 e. The quantitative estimate of drug-likeness (QED) is 0.583. The predicted octanol–water partition coefficient (Wildman–Crippen LogP) is 3.62. The maximum atomic E-state index is 12.2. The van der Waals surface area contributed by atoms with Gasteiger partial charge in [0.15, 0.2) is 6.10 Å². The minimum atomic E-state index is -3.03. The molecule has 2 aromatic carbocycles. The second-order valence-electron chi connectivity index (χ2n) is 5.63. The zero-order valence-corrected chi connectivity index (χ0v) is 15.7. The summed E-state index contributed by atoms with van der Waals surface area (Å²) in [5.41, 5.74) is 5.72. The third kappa shape index (κ3) is 6.61. The number of hydrogen-bond acceptors (Lipinski definition) is 5. The summed E-state index contributed by atoms with van der Waals surface area (Å²) in [6.45, 7) is -1.68. The van der Waals surface area contributed by atoms with E-state index in [4.69, 9.17) is 22.1 Å². The fourth-order valence-corrected chi connectivity index (χ4v) is 2.35. The maximum Gasteiger partial charge on any atom is 0.387 e. The van der Waals surface area contributed by atoms with E-state index in [1.807, 2.05) is 0 Å². The molecular weight excluding hydrogens is 412 g/mol. The number of ether oxygens (including phenoxy) is 2. The number of halogens is 3. The lowest BCUT2D eigenvalue weighted by Crippen LogP contribution is -2.30. The molecule has 3 amide bonds. The van der Waals surface area contributed by atoms with Crippen LogP contribution in [0.1, 0.15) is 17.3 Å². The number of benzene rings is 2. The summed E-state index contributed by atoms with van der Waals surface area (Å²) >= 11 is 5.82. The van der Waals surface area contributed by atoms with Gasteiger partial charge in [-0.15, -0.1) is 0 Å². The lowest BCUT2D eigenvalue weighted by molar-refractivity contribution is -0.123. The molecule has 0 aliphatic carbocycles. The van der Waals surface area contributed by atoms with Gasteiger partial charge in [0.05, 0.1) is 10.6 Å². The van der Waals surface area contributed by atoms with Gasteiger partial charge in [0, 0.05) is 11.4 Å². The number of carbonyl (C=O) groups excluding carboxylic acids is 3. The summed E-state index contributed by atoms with van der Waals surface area (Å²) in [4.78, 5) is 35.1. The summed E-state index contributed by atoms with van der Waals surface area (Å²) in [5.74, 6) is -1.67. The zero-order chi connectivity index (χ0) is 21.6. The number of amides is 3. The number of alkyl halides is 2. The van der Waals surface area contributed by atoms with Crippen molar-refractivity contribution in [2.24, 2.45) is 5.73 Å². The van der Waals surface area contributed by atoms with Crippen molar-refractivity contribution in [1.29, 1.82) is 0 Å². The van der Waals surface area contributed by atoms with Gasteiger partial charge in [-0.2, -0.15) is 8.78 Å². The van der Waals surface area contributed by atoms with Gasteiger partial charge < -0.3 is 25.8 Å². The van der Waals surface area contributed by atoms with Crippen molar-refractivity contribution in [3.8, 4) is 5.75 Å². The van der Waals surface area contributed by atoms with Gasteiger partial charge in [0.25, 0.3) is 5.91 Å². The number of esters is 1. The molecule has 0 fully saturated rings. The number of primary amides is 1. The fraction of sp³-hybridized carbons (Fsp3) is 0.167. The molecule has 0 saturated carbocycles. The summed E-state index contributed by atoms with van der Waals surface area (Å²) in [7, 11) is 0. The van der Waals surface area contributed by atoms with Gasteiger partial charge in [-0.05, 0) is 49.4 Å². The highest BCUT2D eigenvalue weighted by Crippen LogP contribution is 2.29. The van der Waals surface area contributed by atoms with Crippen LogP contribution in [0.4, 0.5) is 25.0 Å². The van der Waals surface area contributed by atoms with Crippen molar-refractivity contribution in [1.82, 2.24) is 0 Å². The molecule has 0 spiro atoms. The van der Waals surface area contributed by atoms with E-state index in [-0.39, 0.29) is 22.0 Å². The molecule has 1 atom stereocenters. The van der Waals surface area contributed by atoms with Crippen LogP contribution in [0.3, 0.4) is 0 Å². The van der Waals surface area contributed by atoms with Crippen LogP contribution < -0.4 is 21.1 Å². The van der Waals surface area contributed by atoms with Crippen LogP contribution in [0.2, 0.25) is 5.02 Å². The zero-order valence-electron chi connectivity index (χ0n) is 14.9. The van der Waals surface area contributed by atoms with Gasteiger partial charge in [-0.1, -0.05) is 11.6 Å². The number of nitrogens with one attached hydrogen (secondary N) is 2. The molecule has 29 heavy (non-hydrogen) atoms. The summed E-state index contributed by atoms with van der Waals surface area (Å²) < 4.78 is 33.8. The van der Waals surface area contributed by atoms with Gasteiger partial charge >= 0.3 is 18.6 Å². The first kappa shape index (κ1) is 21.9. The third-order valence-electron chi connectivity index (χ3n) is 3.46. The molecule has 2 aromatic rings. The molecular formula is C18H16ClF2N3O5. The maximum absolute atomic E-state index is 12.2. The first-order valence-corrected chi connectivity index (χ1v) is 8.46. The Balaban J connectivity index is 1.95. The molecule has 0 aromatic heterocycles. The number of anilines is 2. The molecule has 0 aliphatic rings. The minimum absolute atomic E-state index is 0.127. The van der Waals surface area contributed by atoms with Crippen molar-refractivity contribution >= 4 is 40.9 Å². The highest BCUT2D eigenvalue weighted by atomic mass is 35.5. The van der Waals surface area contributed by atoms with E-state index in [1.165, 1.54) is 49.4 Å². The average Bonchev–Trinajstić information content (AvgIpc) is 2.63. The van der Waals surface area contributed by atoms with Crippen LogP contribution >= 0.6 is 11.6 Å². The van der Waals surface area contributed by atoms with Crippen LogP contribution in [-0.4, -0.2) is 30.6 Å². The largest absolute Gasteiger partial charge is 0.449 e. The predicted molar refractivity (Wildman–Crippen MR) is 101 cm³/mol. The number of carbonyl (C=O) groups is 3. The van der Waals surface area contributed by atoms with E-state index < -0.39 is 30.6 Å². The van der Waals surface area contributed by atoms with E-state index in [1.54, 1.807) is 0 Å². The number of hydrogen-bond donors (Lipinski definition) is 3. The number of rotatable bonds is 7. The molecule has 4 N–H and O–H groups in total. The third-order valence-corrected chi connectivity index (χ3v) is 3.75. The van der Waals surface area contributed by atoms with Gasteiger partial charge in [0.2, 0.25) is 0 Å². The lowest BCUT2D eigenvalue weighted by atomic mass is 10.2. The van der Waals surface area contributed by atoms with Gasteiger partial charge in [-0.25, -0.2) is 9.59 Å². The molecule has 11 heteroatoms. The molecule has 0 bridgehead atoms. The van der Waals surface area contributed by atoms with E-state index in [0.717, 1.165) is 0 Å². The molecule has 8 nitrogen and oxygen atoms in total. The summed E-state index contributed by atoms with van der Waals surface area (Å²) in [6, 6.07) is 8.60. The minimum Gasteiger partial charge on any atom is -0.449 e. The molecule has 2 rings (SSSR count).